The van der Waals surface area contributed by atoms with Crippen LogP contribution in [0.3, 0.4) is 0 Å². The third-order valence-corrected chi connectivity index (χ3v) is 4.79. The van der Waals surface area contributed by atoms with Crippen LogP contribution in [0.15, 0.2) is 30.9 Å². The van der Waals surface area contributed by atoms with Gasteiger partial charge in [-0.05, 0) is 24.8 Å². The predicted molar refractivity (Wildman–Crippen MR) is 96.1 cm³/mol. The van der Waals surface area contributed by atoms with E-state index >= 15 is 0 Å². The van der Waals surface area contributed by atoms with E-state index in [0.717, 1.165) is 17.5 Å². The van der Waals surface area contributed by atoms with E-state index in [1.165, 1.54) is 19.3 Å². The van der Waals surface area contributed by atoms with Crippen LogP contribution < -0.4 is 5.32 Å². The summed E-state index contributed by atoms with van der Waals surface area (Å²) in [5.74, 6) is 0.489. The zero-order chi connectivity index (χ0) is 17.6. The zero-order valence-corrected chi connectivity index (χ0v) is 14.9. The van der Waals surface area contributed by atoms with Gasteiger partial charge in [0.05, 0.1) is 24.5 Å². The normalized spacial score (nSPS) is 20.4. The Balaban J connectivity index is 1.50. The molecule has 1 aliphatic carbocycles. The summed E-state index contributed by atoms with van der Waals surface area (Å²) in [5.41, 5.74) is 2.37. The number of nitrogens with one attached hydrogen (secondary N) is 1. The molecule has 1 aliphatic rings. The first-order valence-corrected chi connectivity index (χ1v) is 8.97. The molecule has 25 heavy (non-hydrogen) atoms. The van der Waals surface area contributed by atoms with Crippen LogP contribution in [-0.4, -0.2) is 39.9 Å². The van der Waals surface area contributed by atoms with Crippen LogP contribution in [-0.2, 0) is 11.8 Å². The van der Waals surface area contributed by atoms with Crippen LogP contribution in [0.4, 0.5) is 0 Å². The van der Waals surface area contributed by atoms with E-state index in [1.54, 1.807) is 23.3 Å². The van der Waals surface area contributed by atoms with Crippen molar-refractivity contribution in [3.8, 4) is 11.1 Å². The van der Waals surface area contributed by atoms with Crippen molar-refractivity contribution in [2.24, 2.45) is 13.0 Å². The molecule has 0 radical (unpaired) electrons. The van der Waals surface area contributed by atoms with Crippen molar-refractivity contribution in [2.45, 2.75) is 38.7 Å². The Kier molecular flexibility index (Phi) is 5.81. The second-order valence-corrected chi connectivity index (χ2v) is 6.79. The monoisotopic (exact) mass is 342 g/mol. The van der Waals surface area contributed by atoms with Gasteiger partial charge in [0.25, 0.3) is 5.91 Å². The Bertz CT molecular complexity index is 713. The summed E-state index contributed by atoms with van der Waals surface area (Å²) in [5, 5.41) is 7.06. The van der Waals surface area contributed by atoms with Gasteiger partial charge in [0, 0.05) is 43.3 Å². The first-order valence-electron chi connectivity index (χ1n) is 8.97. The van der Waals surface area contributed by atoms with Crippen LogP contribution in [0, 0.1) is 5.92 Å². The third-order valence-electron chi connectivity index (χ3n) is 4.79. The summed E-state index contributed by atoms with van der Waals surface area (Å²) in [7, 11) is 1.86. The number of hydrogen-bond donors (Lipinski definition) is 1. The van der Waals surface area contributed by atoms with E-state index < -0.39 is 0 Å². The fraction of sp³-hybridized carbons (Fsp3) is 0.526. The summed E-state index contributed by atoms with van der Waals surface area (Å²) in [6.45, 7) is 3.31. The molecule has 6 nitrogen and oxygen atoms in total. The molecule has 1 amide bonds. The van der Waals surface area contributed by atoms with Gasteiger partial charge in [-0.1, -0.05) is 19.8 Å². The van der Waals surface area contributed by atoms with Gasteiger partial charge in [0.2, 0.25) is 0 Å². The van der Waals surface area contributed by atoms with Crippen molar-refractivity contribution < 1.29 is 9.53 Å². The van der Waals surface area contributed by atoms with Gasteiger partial charge in [-0.3, -0.25) is 14.5 Å². The highest BCUT2D eigenvalue weighted by atomic mass is 16.5. The first-order chi connectivity index (χ1) is 12.1. The molecular formula is C19H26N4O2. The molecule has 2 heterocycles. The van der Waals surface area contributed by atoms with E-state index in [2.05, 4.69) is 22.3 Å². The number of aromatic nitrogens is 3. The highest BCUT2D eigenvalue weighted by Crippen LogP contribution is 2.26. The SMILES string of the molecule is C[C@H]1CCCC[C@H]1OCCNC(=O)c1cncc(-c2cnn(C)c2)c1. The lowest BCUT2D eigenvalue weighted by Gasteiger charge is -2.28. The number of amides is 1. The Labute approximate surface area is 148 Å². The summed E-state index contributed by atoms with van der Waals surface area (Å²) in [4.78, 5) is 16.5. The van der Waals surface area contributed by atoms with Crippen LogP contribution in [0.25, 0.3) is 11.1 Å². The predicted octanol–water partition coefficient (Wildman–Crippen LogP) is 2.81. The molecule has 134 valence electrons. The molecule has 6 heteroatoms. The van der Waals surface area contributed by atoms with Gasteiger partial charge in [-0.25, -0.2) is 0 Å². The highest BCUT2D eigenvalue weighted by molar-refractivity contribution is 5.95. The van der Waals surface area contributed by atoms with Crippen molar-refractivity contribution in [1.82, 2.24) is 20.1 Å². The Hall–Kier alpha value is -2.21. The van der Waals surface area contributed by atoms with Crippen molar-refractivity contribution in [3.05, 3.63) is 36.4 Å². The van der Waals surface area contributed by atoms with Crippen molar-refractivity contribution >= 4 is 5.91 Å². The molecule has 1 N–H and O–H groups in total. The lowest BCUT2D eigenvalue weighted by Crippen LogP contribution is -2.31. The highest BCUT2D eigenvalue weighted by Gasteiger charge is 2.21. The van der Waals surface area contributed by atoms with Crippen LogP contribution in [0.1, 0.15) is 43.0 Å². The number of pyridine rings is 1. The molecule has 3 rings (SSSR count). The molecule has 2 aromatic heterocycles. The van der Waals surface area contributed by atoms with E-state index in [0.29, 0.717) is 30.7 Å². The minimum absolute atomic E-state index is 0.126. The number of aryl methyl sites for hydroxylation is 1. The summed E-state index contributed by atoms with van der Waals surface area (Å²) in [6, 6.07) is 1.84. The average Bonchev–Trinajstić information content (AvgIpc) is 3.06. The maximum absolute atomic E-state index is 12.3. The minimum Gasteiger partial charge on any atom is -0.376 e. The number of hydrogen-bond acceptors (Lipinski definition) is 4. The van der Waals surface area contributed by atoms with Gasteiger partial charge in [0.15, 0.2) is 0 Å². The van der Waals surface area contributed by atoms with Gasteiger partial charge in [0.1, 0.15) is 0 Å². The van der Waals surface area contributed by atoms with Gasteiger partial charge in [-0.15, -0.1) is 0 Å². The lowest BCUT2D eigenvalue weighted by molar-refractivity contribution is -0.00293. The standard InChI is InChI=1S/C19H26N4O2/c1-14-5-3-4-6-18(14)25-8-7-21-19(24)16-9-15(10-20-11-16)17-12-22-23(2)13-17/h9-14,18H,3-8H2,1-2H3,(H,21,24)/t14-,18+/m0/s1. The molecule has 1 saturated carbocycles. The van der Waals surface area contributed by atoms with E-state index in [1.807, 2.05) is 19.3 Å². The van der Waals surface area contributed by atoms with Crippen molar-refractivity contribution in [2.75, 3.05) is 13.2 Å². The maximum atomic E-state index is 12.3. The summed E-state index contributed by atoms with van der Waals surface area (Å²) >= 11 is 0. The maximum Gasteiger partial charge on any atom is 0.252 e. The molecule has 1 fully saturated rings. The van der Waals surface area contributed by atoms with E-state index in [-0.39, 0.29) is 5.91 Å². The summed E-state index contributed by atoms with van der Waals surface area (Å²) in [6.07, 6.45) is 12.2. The molecule has 2 aromatic rings. The van der Waals surface area contributed by atoms with Crippen LogP contribution >= 0.6 is 0 Å². The molecule has 0 bridgehead atoms. The zero-order valence-electron chi connectivity index (χ0n) is 14.9. The molecule has 0 aromatic carbocycles. The Morgan fingerprint density at radius 1 is 1.28 bits per heavy atom. The number of carbonyl (C=O) groups is 1. The number of nitrogens with zero attached hydrogens (tertiary/aromatic N) is 3. The fourth-order valence-electron chi connectivity index (χ4n) is 3.30. The minimum atomic E-state index is -0.126. The molecule has 0 unspecified atom stereocenters. The van der Waals surface area contributed by atoms with Gasteiger partial charge < -0.3 is 10.1 Å². The third kappa shape index (κ3) is 4.66. The summed E-state index contributed by atoms with van der Waals surface area (Å²) < 4.78 is 7.66. The number of rotatable bonds is 6. The van der Waals surface area contributed by atoms with Gasteiger partial charge in [-0.2, -0.15) is 5.10 Å². The smallest absolute Gasteiger partial charge is 0.252 e. The van der Waals surface area contributed by atoms with Crippen molar-refractivity contribution in [3.63, 3.8) is 0 Å². The lowest BCUT2D eigenvalue weighted by atomic mass is 9.88. The molecule has 0 spiro atoms. The molecule has 2 atom stereocenters. The molecule has 0 saturated heterocycles. The van der Waals surface area contributed by atoms with E-state index in [9.17, 15) is 4.79 Å². The van der Waals surface area contributed by atoms with Crippen LogP contribution in [0.2, 0.25) is 0 Å². The average molecular weight is 342 g/mol. The Morgan fingerprint density at radius 2 is 2.12 bits per heavy atom. The first kappa shape index (κ1) is 17.6. The quantitative estimate of drug-likeness (QED) is 0.820. The van der Waals surface area contributed by atoms with Gasteiger partial charge >= 0.3 is 0 Å². The van der Waals surface area contributed by atoms with Crippen molar-refractivity contribution in [1.29, 1.82) is 0 Å². The fourth-order valence-corrected chi connectivity index (χ4v) is 3.30. The second kappa shape index (κ2) is 8.25. The second-order valence-electron chi connectivity index (χ2n) is 6.79. The number of ether oxygens (including phenoxy) is 1. The molecule has 0 aliphatic heterocycles. The van der Waals surface area contributed by atoms with Crippen LogP contribution in [0.5, 0.6) is 0 Å². The topological polar surface area (TPSA) is 69.0 Å². The largest absolute Gasteiger partial charge is 0.376 e. The Morgan fingerprint density at radius 3 is 2.88 bits per heavy atom. The van der Waals surface area contributed by atoms with E-state index in [4.69, 9.17) is 4.74 Å². The molecular weight excluding hydrogens is 316 g/mol. The number of carbonyl (C=O) groups excluding carboxylic acids is 1.